The van der Waals surface area contributed by atoms with Crippen molar-refractivity contribution < 1.29 is 14.2 Å². The van der Waals surface area contributed by atoms with Crippen LogP contribution in [-0.2, 0) is 14.2 Å². The van der Waals surface area contributed by atoms with E-state index in [0.717, 1.165) is 65.3 Å². The van der Waals surface area contributed by atoms with E-state index in [0.29, 0.717) is 5.92 Å². The second-order valence-electron chi connectivity index (χ2n) is 6.58. The normalized spacial score (nSPS) is 39.7. The van der Waals surface area contributed by atoms with Crippen LogP contribution in [0.5, 0.6) is 0 Å². The minimum atomic E-state index is -0.0723. The summed E-state index contributed by atoms with van der Waals surface area (Å²) in [5.74, 6) is 6.38. The first-order valence-corrected chi connectivity index (χ1v) is 8.28. The lowest BCUT2D eigenvalue weighted by molar-refractivity contribution is -0.120. The standard InChI is InChI=1S/C15H29N3O3/c1-2-18-5-8-20-13(10-18)14(17-16)12-3-6-21-15(9-12)4-7-19-11-15/h12-14,17H,2-11,16H2,1H3. The first-order chi connectivity index (χ1) is 10.3. The summed E-state index contributed by atoms with van der Waals surface area (Å²) in [4.78, 5) is 2.44. The Balaban J connectivity index is 1.64. The van der Waals surface area contributed by atoms with Gasteiger partial charge < -0.3 is 14.2 Å². The number of morpholine rings is 1. The molecule has 6 heteroatoms. The number of nitrogens with two attached hydrogens (primary N) is 1. The van der Waals surface area contributed by atoms with Crippen molar-refractivity contribution >= 4 is 0 Å². The predicted octanol–water partition coefficient (Wildman–Crippen LogP) is 0.125. The third-order valence-corrected chi connectivity index (χ3v) is 5.32. The highest BCUT2D eigenvalue weighted by Gasteiger charge is 2.44. The van der Waals surface area contributed by atoms with Gasteiger partial charge in [-0.05, 0) is 25.3 Å². The number of hydrogen-bond donors (Lipinski definition) is 2. The largest absolute Gasteiger partial charge is 0.378 e. The molecule has 3 fully saturated rings. The third-order valence-electron chi connectivity index (χ3n) is 5.32. The molecule has 3 N–H and O–H groups in total. The fourth-order valence-corrected chi connectivity index (χ4v) is 4.02. The summed E-state index contributed by atoms with van der Waals surface area (Å²) in [7, 11) is 0. The summed E-state index contributed by atoms with van der Waals surface area (Å²) in [6, 6.07) is 0.195. The van der Waals surface area contributed by atoms with Crippen LogP contribution in [0.25, 0.3) is 0 Å². The lowest BCUT2D eigenvalue weighted by Gasteiger charge is -2.44. The van der Waals surface area contributed by atoms with Gasteiger partial charge in [-0.25, -0.2) is 0 Å². The van der Waals surface area contributed by atoms with Crippen molar-refractivity contribution in [3.8, 4) is 0 Å². The van der Waals surface area contributed by atoms with Crippen LogP contribution in [0.4, 0.5) is 0 Å². The molecular formula is C15H29N3O3. The zero-order valence-corrected chi connectivity index (χ0v) is 13.1. The lowest BCUT2D eigenvalue weighted by atomic mass is 9.79. The maximum absolute atomic E-state index is 6.04. The van der Waals surface area contributed by atoms with Crippen LogP contribution in [-0.4, -0.2) is 68.7 Å². The second-order valence-corrected chi connectivity index (χ2v) is 6.58. The van der Waals surface area contributed by atoms with Crippen molar-refractivity contribution in [2.75, 3.05) is 46.1 Å². The van der Waals surface area contributed by atoms with E-state index >= 15 is 0 Å². The maximum atomic E-state index is 6.04. The van der Waals surface area contributed by atoms with Gasteiger partial charge in [-0.2, -0.15) is 0 Å². The molecule has 1 spiro atoms. The van der Waals surface area contributed by atoms with Gasteiger partial charge in [0, 0.05) is 32.7 Å². The lowest BCUT2D eigenvalue weighted by Crippen LogP contribution is -2.59. The van der Waals surface area contributed by atoms with E-state index in [9.17, 15) is 0 Å². The van der Waals surface area contributed by atoms with Gasteiger partial charge in [-0.1, -0.05) is 6.92 Å². The van der Waals surface area contributed by atoms with Crippen LogP contribution in [0.2, 0.25) is 0 Å². The van der Waals surface area contributed by atoms with Gasteiger partial charge in [0.15, 0.2) is 0 Å². The maximum Gasteiger partial charge on any atom is 0.0939 e. The number of rotatable bonds is 4. The average Bonchev–Trinajstić information content (AvgIpc) is 2.96. The average molecular weight is 299 g/mol. The first-order valence-electron chi connectivity index (χ1n) is 8.28. The highest BCUT2D eigenvalue weighted by Crippen LogP contribution is 2.38. The van der Waals surface area contributed by atoms with E-state index in [1.807, 2.05) is 0 Å². The fraction of sp³-hybridized carbons (Fsp3) is 1.00. The Morgan fingerprint density at radius 2 is 2.29 bits per heavy atom. The molecule has 3 heterocycles. The molecule has 0 bridgehead atoms. The summed E-state index contributed by atoms with van der Waals surface area (Å²) in [5.41, 5.74) is 2.97. The van der Waals surface area contributed by atoms with Crippen molar-refractivity contribution in [3.63, 3.8) is 0 Å². The van der Waals surface area contributed by atoms with E-state index in [4.69, 9.17) is 20.1 Å². The summed E-state index contributed by atoms with van der Waals surface area (Å²) in [6.45, 7) is 8.41. The van der Waals surface area contributed by atoms with Gasteiger partial charge in [-0.15, -0.1) is 0 Å². The Morgan fingerprint density at radius 1 is 1.38 bits per heavy atom. The molecule has 0 aromatic heterocycles. The van der Waals surface area contributed by atoms with Gasteiger partial charge in [0.2, 0.25) is 0 Å². The molecule has 6 nitrogen and oxygen atoms in total. The molecule has 122 valence electrons. The Labute approximate surface area is 127 Å². The molecule has 0 aromatic rings. The summed E-state index contributed by atoms with van der Waals surface area (Å²) < 4.78 is 17.6. The smallest absolute Gasteiger partial charge is 0.0939 e. The molecule has 3 aliphatic rings. The van der Waals surface area contributed by atoms with Crippen LogP contribution < -0.4 is 11.3 Å². The van der Waals surface area contributed by atoms with Crippen molar-refractivity contribution in [1.29, 1.82) is 0 Å². The highest BCUT2D eigenvalue weighted by atomic mass is 16.6. The molecule has 3 rings (SSSR count). The van der Waals surface area contributed by atoms with Crippen molar-refractivity contribution in [2.24, 2.45) is 11.8 Å². The van der Waals surface area contributed by atoms with Gasteiger partial charge in [-0.3, -0.25) is 16.2 Å². The molecule has 0 saturated carbocycles. The Kier molecular flexibility index (Phi) is 5.14. The molecule has 3 aliphatic heterocycles. The topological polar surface area (TPSA) is 69.0 Å². The van der Waals surface area contributed by atoms with Crippen molar-refractivity contribution in [1.82, 2.24) is 10.3 Å². The summed E-state index contributed by atoms with van der Waals surface area (Å²) in [6.07, 6.45) is 3.25. The number of nitrogens with one attached hydrogen (secondary N) is 1. The molecular weight excluding hydrogens is 270 g/mol. The van der Waals surface area contributed by atoms with Crippen LogP contribution in [0, 0.1) is 5.92 Å². The highest BCUT2D eigenvalue weighted by molar-refractivity contribution is 4.96. The van der Waals surface area contributed by atoms with E-state index in [-0.39, 0.29) is 17.7 Å². The number of likely N-dealkylation sites (N-methyl/N-ethyl adjacent to an activating group) is 1. The first kappa shape index (κ1) is 15.6. The van der Waals surface area contributed by atoms with E-state index in [2.05, 4.69) is 17.2 Å². The van der Waals surface area contributed by atoms with E-state index in [1.54, 1.807) is 0 Å². The Morgan fingerprint density at radius 3 is 3.00 bits per heavy atom. The van der Waals surface area contributed by atoms with Crippen molar-refractivity contribution in [2.45, 2.75) is 43.9 Å². The van der Waals surface area contributed by atoms with Gasteiger partial charge >= 0.3 is 0 Å². The Bertz CT molecular complexity index is 336. The predicted molar refractivity (Wildman–Crippen MR) is 79.8 cm³/mol. The molecule has 4 unspecified atom stereocenters. The summed E-state index contributed by atoms with van der Waals surface area (Å²) in [5, 5.41) is 0. The van der Waals surface area contributed by atoms with Gasteiger partial charge in [0.1, 0.15) is 0 Å². The molecule has 21 heavy (non-hydrogen) atoms. The summed E-state index contributed by atoms with van der Waals surface area (Å²) >= 11 is 0. The monoisotopic (exact) mass is 299 g/mol. The minimum Gasteiger partial charge on any atom is -0.378 e. The third kappa shape index (κ3) is 3.41. The number of hydrogen-bond acceptors (Lipinski definition) is 6. The molecule has 0 amide bonds. The number of ether oxygens (including phenoxy) is 3. The Hall–Kier alpha value is -0.240. The molecule has 3 saturated heterocycles. The zero-order chi connectivity index (χ0) is 14.7. The van der Waals surface area contributed by atoms with Crippen LogP contribution in [0.3, 0.4) is 0 Å². The van der Waals surface area contributed by atoms with Crippen LogP contribution in [0.1, 0.15) is 26.2 Å². The fourth-order valence-electron chi connectivity index (χ4n) is 4.02. The van der Waals surface area contributed by atoms with Crippen molar-refractivity contribution in [3.05, 3.63) is 0 Å². The van der Waals surface area contributed by atoms with Gasteiger partial charge in [0.05, 0.1) is 31.0 Å². The minimum absolute atomic E-state index is 0.0723. The van der Waals surface area contributed by atoms with E-state index in [1.165, 1.54) is 0 Å². The van der Waals surface area contributed by atoms with Gasteiger partial charge in [0.25, 0.3) is 0 Å². The van der Waals surface area contributed by atoms with Crippen LogP contribution in [0.15, 0.2) is 0 Å². The zero-order valence-electron chi connectivity index (χ0n) is 13.1. The quantitative estimate of drug-likeness (QED) is 0.568. The van der Waals surface area contributed by atoms with E-state index < -0.39 is 0 Å². The SMILES string of the molecule is CCN1CCOC(C(NN)C2CCOC3(CCOC3)C2)C1. The molecule has 0 radical (unpaired) electrons. The molecule has 0 aromatic carbocycles. The molecule has 0 aliphatic carbocycles. The molecule has 4 atom stereocenters. The number of hydrazine groups is 1. The second kappa shape index (κ2) is 6.89. The number of nitrogens with zero attached hydrogens (tertiary/aromatic N) is 1. The van der Waals surface area contributed by atoms with Crippen LogP contribution >= 0.6 is 0 Å².